The third kappa shape index (κ3) is 5.06. The number of benzene rings is 2. The zero-order valence-corrected chi connectivity index (χ0v) is 19.0. The van der Waals surface area contributed by atoms with Crippen molar-refractivity contribution < 1.29 is 14.5 Å². The summed E-state index contributed by atoms with van der Waals surface area (Å²) in [5.41, 5.74) is 1.03. The summed E-state index contributed by atoms with van der Waals surface area (Å²) in [5, 5.41) is 12.2. The molecule has 0 atom stereocenters. The number of carbonyl (C=O) groups excluding carboxylic acids is 1. The number of aryl methyl sites for hydroxylation is 1. The van der Waals surface area contributed by atoms with E-state index in [0.29, 0.717) is 11.2 Å². The first kappa shape index (κ1) is 22.8. The highest BCUT2D eigenvalue weighted by molar-refractivity contribution is 6.37. The molecule has 2 aromatic carbocycles. The van der Waals surface area contributed by atoms with Crippen LogP contribution in [0.2, 0.25) is 10.0 Å². The van der Waals surface area contributed by atoms with Gasteiger partial charge in [-0.05, 0) is 45.9 Å². The fourth-order valence-electron chi connectivity index (χ4n) is 3.04. The molecule has 0 N–H and O–H groups in total. The Balaban J connectivity index is 2.19. The molecule has 0 fully saturated rings. The number of nitrogens with zero attached hydrogens (tertiary/aromatic N) is 3. The molecule has 0 unspecified atom stereocenters. The van der Waals surface area contributed by atoms with Gasteiger partial charge in [0.2, 0.25) is 0 Å². The molecule has 0 saturated carbocycles. The number of hydrogen-bond donors (Lipinski definition) is 0. The van der Waals surface area contributed by atoms with Gasteiger partial charge in [-0.1, -0.05) is 41.4 Å². The van der Waals surface area contributed by atoms with Crippen LogP contribution < -0.4 is 4.90 Å². The lowest BCUT2D eigenvalue weighted by atomic mass is 10.1. The standard InChI is InChI=1S/C22H21Cl2N3O4/c1-13-8-9-14-6-5-7-18(20(14)25-13)26(21(28)31-22(2,3)4)12-15-16(23)10-11-17(19(15)24)27(29)30/h5-11H,12H2,1-4H3. The van der Waals surface area contributed by atoms with Crippen molar-refractivity contribution in [2.45, 2.75) is 39.8 Å². The normalized spacial score (nSPS) is 11.4. The van der Waals surface area contributed by atoms with Crippen LogP contribution in [0.3, 0.4) is 0 Å². The van der Waals surface area contributed by atoms with Crippen molar-refractivity contribution in [1.82, 2.24) is 4.98 Å². The highest BCUT2D eigenvalue weighted by Crippen LogP contribution is 2.36. The second-order valence-electron chi connectivity index (χ2n) is 7.98. The van der Waals surface area contributed by atoms with Crippen LogP contribution in [0.4, 0.5) is 16.2 Å². The lowest BCUT2D eigenvalue weighted by molar-refractivity contribution is -0.384. The number of rotatable bonds is 4. The van der Waals surface area contributed by atoms with E-state index >= 15 is 0 Å². The average Bonchev–Trinajstić information content (AvgIpc) is 2.66. The molecular formula is C22H21Cl2N3O4. The molecule has 0 aliphatic carbocycles. The number of nitro groups is 1. The Morgan fingerprint density at radius 3 is 2.52 bits per heavy atom. The van der Waals surface area contributed by atoms with Crippen molar-refractivity contribution in [2.24, 2.45) is 0 Å². The summed E-state index contributed by atoms with van der Waals surface area (Å²) in [4.78, 5) is 29.9. The molecule has 1 aromatic heterocycles. The van der Waals surface area contributed by atoms with Crippen LogP contribution in [0.1, 0.15) is 32.0 Å². The van der Waals surface area contributed by atoms with E-state index in [-0.39, 0.29) is 27.8 Å². The summed E-state index contributed by atoms with van der Waals surface area (Å²) < 4.78 is 5.60. The fourth-order valence-corrected chi connectivity index (χ4v) is 3.60. The van der Waals surface area contributed by atoms with E-state index in [1.807, 2.05) is 25.1 Å². The maximum absolute atomic E-state index is 13.2. The number of halogens is 2. The van der Waals surface area contributed by atoms with Gasteiger partial charge in [0.1, 0.15) is 10.6 Å². The van der Waals surface area contributed by atoms with Crippen molar-refractivity contribution >= 4 is 51.6 Å². The Bertz CT molecular complexity index is 1180. The summed E-state index contributed by atoms with van der Waals surface area (Å²) in [5.74, 6) is 0. The van der Waals surface area contributed by atoms with Crippen molar-refractivity contribution in [2.75, 3.05) is 4.90 Å². The number of amides is 1. The Morgan fingerprint density at radius 1 is 1.16 bits per heavy atom. The topological polar surface area (TPSA) is 85.6 Å². The predicted octanol–water partition coefficient (Wildman–Crippen LogP) is 6.70. The van der Waals surface area contributed by atoms with Crippen LogP contribution >= 0.6 is 23.2 Å². The lowest BCUT2D eigenvalue weighted by Gasteiger charge is -2.28. The molecule has 0 aliphatic rings. The lowest BCUT2D eigenvalue weighted by Crippen LogP contribution is -2.37. The summed E-state index contributed by atoms with van der Waals surface area (Å²) in [7, 11) is 0. The maximum Gasteiger partial charge on any atom is 0.415 e. The van der Waals surface area contributed by atoms with Gasteiger partial charge >= 0.3 is 6.09 Å². The predicted molar refractivity (Wildman–Crippen MR) is 122 cm³/mol. The average molecular weight is 462 g/mol. The van der Waals surface area contributed by atoms with Crippen molar-refractivity contribution in [3.63, 3.8) is 0 Å². The number of aromatic nitrogens is 1. The molecule has 0 aliphatic heterocycles. The van der Waals surface area contributed by atoms with E-state index in [2.05, 4.69) is 4.98 Å². The minimum Gasteiger partial charge on any atom is -0.443 e. The number of anilines is 1. The maximum atomic E-state index is 13.2. The summed E-state index contributed by atoms with van der Waals surface area (Å²) >= 11 is 12.6. The van der Waals surface area contributed by atoms with Gasteiger partial charge in [-0.3, -0.25) is 20.0 Å². The molecule has 0 radical (unpaired) electrons. The molecule has 0 spiro atoms. The van der Waals surface area contributed by atoms with Crippen LogP contribution in [0.25, 0.3) is 10.9 Å². The molecule has 3 aromatic rings. The molecule has 0 saturated heterocycles. The largest absolute Gasteiger partial charge is 0.443 e. The fraction of sp³-hybridized carbons (Fsp3) is 0.273. The molecule has 1 amide bonds. The van der Waals surface area contributed by atoms with Crippen LogP contribution in [-0.2, 0) is 11.3 Å². The first-order chi connectivity index (χ1) is 14.5. The number of para-hydroxylation sites is 1. The molecular weight excluding hydrogens is 441 g/mol. The monoisotopic (exact) mass is 461 g/mol. The first-order valence-corrected chi connectivity index (χ1v) is 10.2. The molecule has 1 heterocycles. The Hall–Kier alpha value is -2.90. The van der Waals surface area contributed by atoms with Crippen LogP contribution in [0.15, 0.2) is 42.5 Å². The smallest absolute Gasteiger partial charge is 0.415 e. The summed E-state index contributed by atoms with van der Waals surface area (Å²) in [6.07, 6.45) is -0.651. The third-order valence-corrected chi connectivity index (χ3v) is 5.20. The van der Waals surface area contributed by atoms with Gasteiger partial charge in [-0.15, -0.1) is 0 Å². The van der Waals surface area contributed by atoms with Crippen molar-refractivity contribution in [3.05, 3.63) is 73.9 Å². The van der Waals surface area contributed by atoms with E-state index in [4.69, 9.17) is 27.9 Å². The number of fused-ring (bicyclic) bond motifs is 1. The second kappa shape index (κ2) is 8.69. The number of nitro benzene ring substituents is 1. The van der Waals surface area contributed by atoms with Gasteiger partial charge < -0.3 is 4.74 Å². The number of carbonyl (C=O) groups is 1. The van der Waals surface area contributed by atoms with Crippen molar-refractivity contribution in [1.29, 1.82) is 0 Å². The SMILES string of the molecule is Cc1ccc2cccc(N(Cc3c(Cl)ccc([N+](=O)[O-])c3Cl)C(=O)OC(C)(C)C)c2n1. The Morgan fingerprint density at radius 2 is 1.87 bits per heavy atom. The molecule has 7 nitrogen and oxygen atoms in total. The quantitative estimate of drug-likeness (QED) is 0.318. The molecule has 162 valence electrons. The second-order valence-corrected chi connectivity index (χ2v) is 8.77. The minimum atomic E-state index is -0.764. The Labute approximate surface area is 189 Å². The first-order valence-electron chi connectivity index (χ1n) is 9.46. The van der Waals surface area contributed by atoms with Crippen LogP contribution in [-0.4, -0.2) is 21.6 Å². The van der Waals surface area contributed by atoms with E-state index in [1.165, 1.54) is 17.0 Å². The molecule has 9 heteroatoms. The van der Waals surface area contributed by atoms with Crippen molar-refractivity contribution in [3.8, 4) is 0 Å². The van der Waals surface area contributed by atoms with Gasteiger partial charge in [0.15, 0.2) is 0 Å². The third-order valence-electron chi connectivity index (χ3n) is 4.42. The zero-order chi connectivity index (χ0) is 22.9. The van der Waals surface area contributed by atoms with E-state index in [1.54, 1.807) is 32.9 Å². The van der Waals surface area contributed by atoms with Crippen LogP contribution in [0.5, 0.6) is 0 Å². The summed E-state index contributed by atoms with van der Waals surface area (Å²) in [6.45, 7) is 6.97. The van der Waals surface area contributed by atoms with Gasteiger partial charge in [-0.2, -0.15) is 0 Å². The van der Waals surface area contributed by atoms with E-state index in [0.717, 1.165) is 11.1 Å². The van der Waals surface area contributed by atoms with Gasteiger partial charge in [0, 0.05) is 27.7 Å². The van der Waals surface area contributed by atoms with E-state index < -0.39 is 16.6 Å². The van der Waals surface area contributed by atoms with Gasteiger partial charge in [0.05, 0.1) is 22.7 Å². The molecule has 0 bridgehead atoms. The van der Waals surface area contributed by atoms with Gasteiger partial charge in [-0.25, -0.2) is 4.79 Å². The number of hydrogen-bond acceptors (Lipinski definition) is 5. The Kier molecular flexibility index (Phi) is 6.38. The number of pyridine rings is 1. The van der Waals surface area contributed by atoms with E-state index in [9.17, 15) is 14.9 Å². The molecule has 3 rings (SSSR count). The minimum absolute atomic E-state index is 0.129. The van der Waals surface area contributed by atoms with Crippen LogP contribution in [0, 0.1) is 17.0 Å². The number of ether oxygens (including phenoxy) is 1. The highest BCUT2D eigenvalue weighted by Gasteiger charge is 2.28. The molecule has 31 heavy (non-hydrogen) atoms. The van der Waals surface area contributed by atoms with Gasteiger partial charge in [0.25, 0.3) is 5.69 Å². The zero-order valence-electron chi connectivity index (χ0n) is 17.5. The summed E-state index contributed by atoms with van der Waals surface area (Å²) in [6, 6.07) is 11.8. The highest BCUT2D eigenvalue weighted by atomic mass is 35.5.